The molecule has 2 fully saturated rings. The van der Waals surface area contributed by atoms with E-state index < -0.39 is 24.4 Å². The summed E-state index contributed by atoms with van der Waals surface area (Å²) in [6, 6.07) is -0.904. The normalized spacial score (nSPS) is 26.8. The first-order chi connectivity index (χ1) is 8.89. The molecule has 0 spiro atoms. The highest BCUT2D eigenvalue weighted by atomic mass is 19.4. The number of nitrogens with zero attached hydrogens (tertiary/aromatic N) is 2. The predicted molar refractivity (Wildman–Crippen MR) is 59.6 cm³/mol. The summed E-state index contributed by atoms with van der Waals surface area (Å²) in [5.74, 6) is 0. The number of rotatable bonds is 4. The molecular weight excluding hydrogens is 265 g/mol. The van der Waals surface area contributed by atoms with Crippen LogP contribution in [0.3, 0.4) is 0 Å². The van der Waals surface area contributed by atoms with E-state index in [1.807, 2.05) is 0 Å². The molecule has 0 aromatic rings. The van der Waals surface area contributed by atoms with Crippen molar-refractivity contribution in [3.8, 4) is 0 Å². The van der Waals surface area contributed by atoms with E-state index in [1.165, 1.54) is 4.90 Å². The molecule has 0 radical (unpaired) electrons. The Hall–Kier alpha value is -1.02. The molecule has 1 N–H and O–H groups in total. The lowest BCUT2D eigenvalue weighted by Crippen LogP contribution is -2.48. The molecule has 19 heavy (non-hydrogen) atoms. The van der Waals surface area contributed by atoms with E-state index in [0.29, 0.717) is 45.6 Å². The van der Waals surface area contributed by atoms with Crippen molar-refractivity contribution in [3.63, 3.8) is 0 Å². The molecule has 8 heteroatoms. The van der Waals surface area contributed by atoms with Gasteiger partial charge in [-0.15, -0.1) is 0 Å². The number of likely N-dealkylation sites (tertiary alicyclic amines) is 1. The van der Waals surface area contributed by atoms with Crippen molar-refractivity contribution in [2.45, 2.75) is 31.2 Å². The molecule has 0 saturated carbocycles. The second-order valence-corrected chi connectivity index (χ2v) is 4.83. The van der Waals surface area contributed by atoms with Gasteiger partial charge in [0.25, 0.3) is 0 Å². The fraction of sp³-hybridized carbons (Fsp3) is 0.909. The number of carbonyl (C=O) groups is 1. The zero-order valence-corrected chi connectivity index (χ0v) is 10.4. The first-order valence-electron chi connectivity index (χ1n) is 6.30. The van der Waals surface area contributed by atoms with Crippen LogP contribution in [0.4, 0.5) is 18.0 Å². The molecule has 2 heterocycles. The summed E-state index contributed by atoms with van der Waals surface area (Å²) in [5, 5.41) is 9.33. The fourth-order valence-electron chi connectivity index (χ4n) is 2.58. The van der Waals surface area contributed by atoms with Gasteiger partial charge in [-0.2, -0.15) is 13.2 Å². The van der Waals surface area contributed by atoms with Gasteiger partial charge in [-0.05, 0) is 19.4 Å². The largest absolute Gasteiger partial charge is 0.448 e. The van der Waals surface area contributed by atoms with Crippen molar-refractivity contribution in [1.29, 1.82) is 0 Å². The van der Waals surface area contributed by atoms with Gasteiger partial charge in [0.15, 0.2) is 6.10 Å². The van der Waals surface area contributed by atoms with E-state index in [4.69, 9.17) is 4.74 Å². The first kappa shape index (κ1) is 14.4. The smallest absolute Gasteiger partial charge is 0.415 e. The Morgan fingerprint density at radius 3 is 2.68 bits per heavy atom. The standard InChI is InChI=1S/C11H17F3N2O3/c12-11(13,14)9(17)8-2-1-3-15(8)4-5-16-6-7-19-10(16)18/h8-9,17H,1-7H2/t8-,9-/m0/s1. The summed E-state index contributed by atoms with van der Waals surface area (Å²) in [4.78, 5) is 14.3. The third-order valence-electron chi connectivity index (χ3n) is 3.62. The lowest BCUT2D eigenvalue weighted by atomic mass is 10.1. The molecule has 2 saturated heterocycles. The van der Waals surface area contributed by atoms with E-state index in [2.05, 4.69) is 0 Å². The van der Waals surface area contributed by atoms with Crippen LogP contribution in [0.2, 0.25) is 0 Å². The van der Waals surface area contributed by atoms with Crippen LogP contribution in [0, 0.1) is 0 Å². The van der Waals surface area contributed by atoms with Gasteiger partial charge in [0, 0.05) is 19.1 Å². The van der Waals surface area contributed by atoms with Crippen LogP contribution < -0.4 is 0 Å². The van der Waals surface area contributed by atoms with Crippen LogP contribution in [-0.2, 0) is 4.74 Å². The topological polar surface area (TPSA) is 53.0 Å². The van der Waals surface area contributed by atoms with Gasteiger partial charge >= 0.3 is 12.3 Å². The van der Waals surface area contributed by atoms with Crippen molar-refractivity contribution >= 4 is 6.09 Å². The number of halogens is 3. The van der Waals surface area contributed by atoms with Gasteiger partial charge < -0.3 is 14.7 Å². The van der Waals surface area contributed by atoms with Crippen molar-refractivity contribution in [2.75, 3.05) is 32.8 Å². The molecule has 0 unspecified atom stereocenters. The van der Waals surface area contributed by atoms with Crippen LogP contribution in [0.1, 0.15) is 12.8 Å². The van der Waals surface area contributed by atoms with E-state index in [9.17, 15) is 23.1 Å². The highest BCUT2D eigenvalue weighted by molar-refractivity contribution is 5.69. The maximum absolute atomic E-state index is 12.5. The number of amides is 1. The lowest BCUT2D eigenvalue weighted by molar-refractivity contribution is -0.219. The SMILES string of the molecule is O=C1OCCN1CCN1CCC[C@H]1[C@H](O)C(F)(F)F. The third kappa shape index (κ3) is 3.30. The number of alkyl halides is 3. The van der Waals surface area contributed by atoms with Crippen LogP contribution in [0.15, 0.2) is 0 Å². The Morgan fingerprint density at radius 2 is 2.11 bits per heavy atom. The molecule has 2 rings (SSSR count). The number of hydrogen-bond acceptors (Lipinski definition) is 4. The minimum absolute atomic E-state index is 0.325. The summed E-state index contributed by atoms with van der Waals surface area (Å²) in [7, 11) is 0. The molecule has 1 amide bonds. The molecule has 0 bridgehead atoms. The van der Waals surface area contributed by atoms with Crippen LogP contribution in [0.25, 0.3) is 0 Å². The highest BCUT2D eigenvalue weighted by Crippen LogP contribution is 2.30. The number of cyclic esters (lactones) is 1. The van der Waals surface area contributed by atoms with Crippen LogP contribution in [0.5, 0.6) is 0 Å². The van der Waals surface area contributed by atoms with Gasteiger partial charge in [0.1, 0.15) is 6.61 Å². The monoisotopic (exact) mass is 282 g/mol. The quantitative estimate of drug-likeness (QED) is 0.829. The van der Waals surface area contributed by atoms with Crippen LogP contribution >= 0.6 is 0 Å². The molecule has 2 aliphatic rings. The molecule has 0 aliphatic carbocycles. The molecule has 5 nitrogen and oxygen atoms in total. The number of aliphatic hydroxyl groups is 1. The second-order valence-electron chi connectivity index (χ2n) is 4.83. The van der Waals surface area contributed by atoms with E-state index in [-0.39, 0.29) is 0 Å². The van der Waals surface area contributed by atoms with Gasteiger partial charge in [-0.1, -0.05) is 0 Å². The minimum Gasteiger partial charge on any atom is -0.448 e. The van der Waals surface area contributed by atoms with Crippen molar-refractivity contribution in [3.05, 3.63) is 0 Å². The third-order valence-corrected chi connectivity index (χ3v) is 3.62. The number of ether oxygens (including phenoxy) is 1. The van der Waals surface area contributed by atoms with Gasteiger partial charge in [0.2, 0.25) is 0 Å². The summed E-state index contributed by atoms with van der Waals surface area (Å²) in [6.07, 6.45) is -6.39. The minimum atomic E-state index is -4.60. The van der Waals surface area contributed by atoms with Crippen LogP contribution in [-0.4, -0.2) is 72.1 Å². The molecule has 0 aromatic carbocycles. The summed E-state index contributed by atoms with van der Waals surface area (Å²) in [5.41, 5.74) is 0. The van der Waals surface area contributed by atoms with Gasteiger partial charge in [-0.25, -0.2) is 4.79 Å². The van der Waals surface area contributed by atoms with Gasteiger partial charge in [0.05, 0.1) is 6.54 Å². The van der Waals surface area contributed by atoms with Gasteiger partial charge in [-0.3, -0.25) is 4.90 Å². The van der Waals surface area contributed by atoms with Crippen molar-refractivity contribution in [2.24, 2.45) is 0 Å². The Bertz CT molecular complexity index is 338. The number of aliphatic hydroxyl groups excluding tert-OH is 1. The molecule has 2 aliphatic heterocycles. The average molecular weight is 282 g/mol. The Labute approximate surface area is 108 Å². The number of carbonyl (C=O) groups excluding carboxylic acids is 1. The molecular formula is C11H17F3N2O3. The Morgan fingerprint density at radius 1 is 1.37 bits per heavy atom. The average Bonchev–Trinajstić information content (AvgIpc) is 2.93. The predicted octanol–water partition coefficient (Wildman–Crippen LogP) is 0.826. The number of hydrogen-bond donors (Lipinski definition) is 1. The van der Waals surface area contributed by atoms with Crippen molar-refractivity contribution in [1.82, 2.24) is 9.80 Å². The molecule has 0 aromatic heterocycles. The van der Waals surface area contributed by atoms with E-state index in [0.717, 1.165) is 0 Å². The second kappa shape index (κ2) is 5.54. The first-order valence-corrected chi connectivity index (χ1v) is 6.30. The zero-order chi connectivity index (χ0) is 14.0. The van der Waals surface area contributed by atoms with E-state index >= 15 is 0 Å². The van der Waals surface area contributed by atoms with E-state index in [1.54, 1.807) is 4.90 Å². The van der Waals surface area contributed by atoms with Crippen molar-refractivity contribution < 1.29 is 27.8 Å². The summed E-state index contributed by atoms with van der Waals surface area (Å²) >= 11 is 0. The maximum atomic E-state index is 12.5. The summed E-state index contributed by atoms with van der Waals surface area (Å²) in [6.45, 7) is 1.97. The molecule has 2 atom stereocenters. The summed E-state index contributed by atoms with van der Waals surface area (Å²) < 4.78 is 42.3. The zero-order valence-electron chi connectivity index (χ0n) is 10.4. The fourth-order valence-corrected chi connectivity index (χ4v) is 2.58. The Balaban J connectivity index is 1.87. The Kier molecular flexibility index (Phi) is 4.19. The maximum Gasteiger partial charge on any atom is 0.415 e. The molecule has 110 valence electrons. The lowest BCUT2D eigenvalue weighted by Gasteiger charge is -2.30. The highest BCUT2D eigenvalue weighted by Gasteiger charge is 2.46.